The number of ether oxygens (including phenoxy) is 2. The molecule has 30 heavy (non-hydrogen) atoms. The molecule has 0 radical (unpaired) electrons. The molecule has 0 fully saturated rings. The summed E-state index contributed by atoms with van der Waals surface area (Å²) in [6.45, 7) is 4.62. The second-order valence-corrected chi connectivity index (χ2v) is 9.27. The smallest absolute Gasteiger partial charge is 0.231 e. The monoisotopic (exact) mass is 397 g/mol. The Bertz CT molecular complexity index is 1250. The predicted octanol–water partition coefficient (Wildman–Crippen LogP) is 5.88. The zero-order valence-electron chi connectivity index (χ0n) is 17.1. The number of hydrogen-bond acceptors (Lipinski definition) is 4. The lowest BCUT2D eigenvalue weighted by Gasteiger charge is -2.40. The Balaban J connectivity index is 1.58. The second kappa shape index (κ2) is 6.11. The van der Waals surface area contributed by atoms with Crippen molar-refractivity contribution >= 4 is 27.8 Å². The van der Waals surface area contributed by atoms with Gasteiger partial charge in [0.05, 0.1) is 6.04 Å². The number of anilines is 1. The largest absolute Gasteiger partial charge is 0.454 e. The van der Waals surface area contributed by atoms with Gasteiger partial charge in [-0.15, -0.1) is 0 Å². The van der Waals surface area contributed by atoms with Crippen molar-refractivity contribution in [3.05, 3.63) is 71.3 Å². The first-order chi connectivity index (χ1) is 14.5. The molecule has 2 aliphatic heterocycles. The first kappa shape index (κ1) is 17.6. The van der Waals surface area contributed by atoms with E-state index in [1.807, 2.05) is 18.2 Å². The lowest BCUT2D eigenvalue weighted by atomic mass is 9.68. The molecule has 3 aromatic rings. The first-order valence-electron chi connectivity index (χ1n) is 10.4. The number of hydrogen-bond donors (Lipinski definition) is 1. The van der Waals surface area contributed by atoms with Gasteiger partial charge in [-0.3, -0.25) is 4.79 Å². The highest BCUT2D eigenvalue weighted by molar-refractivity contribution is 6.10. The van der Waals surface area contributed by atoms with Gasteiger partial charge in [0, 0.05) is 23.2 Å². The number of nitrogens with one attached hydrogen (secondary N) is 1. The van der Waals surface area contributed by atoms with E-state index >= 15 is 0 Å². The van der Waals surface area contributed by atoms with Gasteiger partial charge < -0.3 is 14.8 Å². The fourth-order valence-corrected chi connectivity index (χ4v) is 5.09. The molecule has 1 aliphatic carbocycles. The number of rotatable bonds is 1. The number of carbonyl (C=O) groups excluding carboxylic acids is 1. The third-order valence-electron chi connectivity index (χ3n) is 6.45. The van der Waals surface area contributed by atoms with Crippen molar-refractivity contribution in [2.45, 2.75) is 32.7 Å². The summed E-state index contributed by atoms with van der Waals surface area (Å²) in [7, 11) is 0. The van der Waals surface area contributed by atoms with Crippen LogP contribution in [0.1, 0.15) is 43.9 Å². The van der Waals surface area contributed by atoms with Gasteiger partial charge in [0.15, 0.2) is 17.3 Å². The Morgan fingerprint density at radius 1 is 0.933 bits per heavy atom. The Kier molecular flexibility index (Phi) is 3.58. The van der Waals surface area contributed by atoms with Crippen LogP contribution in [-0.4, -0.2) is 12.6 Å². The summed E-state index contributed by atoms with van der Waals surface area (Å²) in [5.74, 6) is 1.73. The van der Waals surface area contributed by atoms with Crippen LogP contribution in [0.2, 0.25) is 0 Å². The fraction of sp³-hybridized carbons (Fsp3) is 0.269. The van der Waals surface area contributed by atoms with Crippen molar-refractivity contribution in [3.63, 3.8) is 0 Å². The molecule has 0 aromatic heterocycles. The molecule has 0 saturated heterocycles. The van der Waals surface area contributed by atoms with Gasteiger partial charge in [0.2, 0.25) is 6.79 Å². The van der Waals surface area contributed by atoms with Crippen LogP contribution in [0, 0.1) is 5.41 Å². The van der Waals surface area contributed by atoms with Gasteiger partial charge in [-0.2, -0.15) is 0 Å². The summed E-state index contributed by atoms with van der Waals surface area (Å²) in [5, 5.41) is 6.07. The van der Waals surface area contributed by atoms with Crippen molar-refractivity contribution in [1.29, 1.82) is 0 Å². The highest BCUT2D eigenvalue weighted by Crippen LogP contribution is 2.51. The van der Waals surface area contributed by atoms with Crippen LogP contribution in [0.3, 0.4) is 0 Å². The molecular formula is C26H23NO3. The summed E-state index contributed by atoms with van der Waals surface area (Å²) in [5.41, 5.74) is 5.30. The molecule has 0 amide bonds. The normalized spacial score (nSPS) is 21.3. The van der Waals surface area contributed by atoms with Crippen LogP contribution in [0.4, 0.5) is 5.69 Å². The molecule has 0 unspecified atom stereocenters. The van der Waals surface area contributed by atoms with E-state index in [4.69, 9.17) is 9.47 Å². The number of allylic oxidation sites excluding steroid dienone is 1. The summed E-state index contributed by atoms with van der Waals surface area (Å²) >= 11 is 0. The maximum absolute atomic E-state index is 13.4. The van der Waals surface area contributed by atoms with Gasteiger partial charge in [-0.05, 0) is 58.0 Å². The third kappa shape index (κ3) is 2.63. The average Bonchev–Trinajstić information content (AvgIpc) is 3.19. The molecule has 150 valence electrons. The molecule has 4 nitrogen and oxygen atoms in total. The maximum atomic E-state index is 13.4. The third-order valence-corrected chi connectivity index (χ3v) is 6.45. The molecule has 0 saturated carbocycles. The molecular weight excluding hydrogens is 374 g/mol. The number of carbonyl (C=O) groups is 1. The minimum absolute atomic E-state index is 0.0460. The van der Waals surface area contributed by atoms with Crippen molar-refractivity contribution in [2.24, 2.45) is 5.41 Å². The molecule has 0 spiro atoms. The van der Waals surface area contributed by atoms with E-state index in [1.165, 1.54) is 16.3 Å². The fourth-order valence-electron chi connectivity index (χ4n) is 5.09. The maximum Gasteiger partial charge on any atom is 0.231 e. The molecule has 4 heteroatoms. The minimum atomic E-state index is -0.188. The molecule has 3 aliphatic rings. The van der Waals surface area contributed by atoms with Crippen LogP contribution in [-0.2, 0) is 4.79 Å². The Labute approximate surface area is 175 Å². The van der Waals surface area contributed by atoms with Gasteiger partial charge in [0.25, 0.3) is 0 Å². The summed E-state index contributed by atoms with van der Waals surface area (Å²) in [6, 6.07) is 18.6. The number of ketones is 1. The van der Waals surface area contributed by atoms with Crippen molar-refractivity contribution in [1.82, 2.24) is 0 Å². The van der Waals surface area contributed by atoms with E-state index in [2.05, 4.69) is 55.6 Å². The van der Waals surface area contributed by atoms with E-state index in [0.717, 1.165) is 40.3 Å². The second-order valence-electron chi connectivity index (χ2n) is 9.27. The average molecular weight is 397 g/mol. The predicted molar refractivity (Wildman–Crippen MR) is 118 cm³/mol. The van der Waals surface area contributed by atoms with E-state index in [9.17, 15) is 4.79 Å². The lowest BCUT2D eigenvalue weighted by Crippen LogP contribution is -2.33. The van der Waals surface area contributed by atoms with E-state index < -0.39 is 0 Å². The zero-order valence-corrected chi connectivity index (χ0v) is 17.1. The van der Waals surface area contributed by atoms with Crippen LogP contribution in [0.25, 0.3) is 16.3 Å². The van der Waals surface area contributed by atoms with Gasteiger partial charge in [-0.1, -0.05) is 44.2 Å². The lowest BCUT2D eigenvalue weighted by molar-refractivity contribution is -0.118. The molecule has 0 bridgehead atoms. The van der Waals surface area contributed by atoms with Crippen LogP contribution in [0.15, 0.2) is 60.2 Å². The van der Waals surface area contributed by atoms with Crippen molar-refractivity contribution < 1.29 is 14.3 Å². The van der Waals surface area contributed by atoms with Crippen molar-refractivity contribution in [2.75, 3.05) is 12.1 Å². The standard InChI is InChI=1S/C26H23NO3/c1-26(2)12-19-18-9-15-5-3-4-6-16(15)10-20(18)27-25(24(19)21(28)13-26)17-7-8-22-23(11-17)30-14-29-22/h3-11,25,27H,12-14H2,1-2H3/t25-/m1/s1. The van der Waals surface area contributed by atoms with Crippen LogP contribution >= 0.6 is 0 Å². The van der Waals surface area contributed by atoms with Gasteiger partial charge in [-0.25, -0.2) is 0 Å². The summed E-state index contributed by atoms with van der Waals surface area (Å²) in [6.07, 6.45) is 1.46. The molecule has 1 N–H and O–H groups in total. The quantitative estimate of drug-likeness (QED) is 0.557. The Hall–Kier alpha value is -3.27. The van der Waals surface area contributed by atoms with E-state index in [1.54, 1.807) is 0 Å². The molecule has 1 atom stereocenters. The Morgan fingerprint density at radius 2 is 1.70 bits per heavy atom. The van der Waals surface area contributed by atoms with Crippen molar-refractivity contribution in [3.8, 4) is 11.5 Å². The van der Waals surface area contributed by atoms with E-state index in [0.29, 0.717) is 6.42 Å². The topological polar surface area (TPSA) is 47.6 Å². The van der Waals surface area contributed by atoms with E-state index in [-0.39, 0.29) is 24.0 Å². The first-order valence-corrected chi connectivity index (χ1v) is 10.4. The molecule has 2 heterocycles. The minimum Gasteiger partial charge on any atom is -0.454 e. The molecule has 3 aromatic carbocycles. The number of fused-ring (bicyclic) bond motifs is 4. The van der Waals surface area contributed by atoms with Gasteiger partial charge in [0.1, 0.15) is 0 Å². The number of Topliss-reactive ketones (excluding diaryl/α,β-unsaturated/α-hetero) is 1. The number of benzene rings is 3. The highest BCUT2D eigenvalue weighted by Gasteiger charge is 2.40. The molecule has 6 rings (SSSR count). The highest BCUT2D eigenvalue weighted by atomic mass is 16.7. The Morgan fingerprint density at radius 3 is 2.53 bits per heavy atom. The SMILES string of the molecule is CC1(C)CC(=O)C2=C(C1)c1cc3ccccc3cc1N[C@@H]2c1ccc2c(c1)OCO2. The zero-order chi connectivity index (χ0) is 20.5. The summed E-state index contributed by atoms with van der Waals surface area (Å²) < 4.78 is 11.1. The van der Waals surface area contributed by atoms with Crippen LogP contribution < -0.4 is 14.8 Å². The summed E-state index contributed by atoms with van der Waals surface area (Å²) in [4.78, 5) is 13.4. The van der Waals surface area contributed by atoms with Gasteiger partial charge >= 0.3 is 0 Å². The van der Waals surface area contributed by atoms with Crippen LogP contribution in [0.5, 0.6) is 11.5 Å².